The molecule has 0 bridgehead atoms. The van der Waals surface area contributed by atoms with Gasteiger partial charge in [-0.25, -0.2) is 4.79 Å². The molecular weight excluding hydrogens is 301 g/mol. The van der Waals surface area contributed by atoms with Crippen molar-refractivity contribution in [3.05, 3.63) is 58.7 Å². The molecule has 3 N–H and O–H groups in total. The van der Waals surface area contributed by atoms with E-state index in [0.717, 1.165) is 0 Å². The summed E-state index contributed by atoms with van der Waals surface area (Å²) in [5.74, 6) is -1.80. The average molecular weight is 312 g/mol. The predicted molar refractivity (Wildman–Crippen MR) is 77.4 cm³/mol. The number of ketones is 1. The first-order valence-corrected chi connectivity index (χ1v) is 6.50. The lowest BCUT2D eigenvalue weighted by molar-refractivity contribution is 0.0691. The van der Waals surface area contributed by atoms with E-state index in [1.54, 1.807) is 12.1 Å². The highest BCUT2D eigenvalue weighted by molar-refractivity contribution is 6.42. The van der Waals surface area contributed by atoms with Crippen LogP contribution in [0.5, 0.6) is 0 Å². The van der Waals surface area contributed by atoms with Gasteiger partial charge in [-0.3, -0.25) is 4.79 Å². The van der Waals surface area contributed by atoms with Gasteiger partial charge in [-0.2, -0.15) is 0 Å². The number of carboxylic acid groups (broad SMARTS) is 1. The third-order valence-corrected chi connectivity index (χ3v) is 3.81. The second kappa shape index (κ2) is 5.40. The average Bonchev–Trinajstić information content (AvgIpc) is 2.42. The summed E-state index contributed by atoms with van der Waals surface area (Å²) in [5, 5.41) is 9.41. The maximum atomic E-state index is 12.6. The molecule has 1 aromatic rings. The molecular formula is C14H11Cl2NO3. The molecule has 0 saturated heterocycles. The fraction of sp³-hybridized carbons (Fsp3) is 0.143. The molecule has 0 amide bonds. The molecule has 1 aromatic carbocycles. The van der Waals surface area contributed by atoms with Crippen LogP contribution in [0, 0.1) is 0 Å². The summed E-state index contributed by atoms with van der Waals surface area (Å²) in [6, 6.07) is 5.05. The second-order valence-electron chi connectivity index (χ2n) is 4.36. The quantitative estimate of drug-likeness (QED) is 0.664. The Labute approximate surface area is 125 Å². The van der Waals surface area contributed by atoms with Crippen LogP contribution in [0.4, 0.5) is 0 Å². The summed E-state index contributed by atoms with van der Waals surface area (Å²) in [5.41, 5.74) is 5.73. The monoisotopic (exact) mass is 311 g/mol. The van der Waals surface area contributed by atoms with Gasteiger partial charge in [-0.15, -0.1) is 11.6 Å². The van der Waals surface area contributed by atoms with Crippen LogP contribution in [-0.4, -0.2) is 27.8 Å². The molecule has 0 radical (unpaired) electrons. The molecule has 0 aliphatic heterocycles. The summed E-state index contributed by atoms with van der Waals surface area (Å²) < 4.78 is 0. The Morgan fingerprint density at radius 2 is 1.85 bits per heavy atom. The van der Waals surface area contributed by atoms with Crippen molar-refractivity contribution in [3.8, 4) is 0 Å². The Hall–Kier alpha value is -1.62. The minimum absolute atomic E-state index is 0.00136. The Morgan fingerprint density at radius 1 is 1.25 bits per heavy atom. The lowest BCUT2D eigenvalue weighted by atomic mass is 9.85. The summed E-state index contributed by atoms with van der Waals surface area (Å²) >= 11 is 12.2. The van der Waals surface area contributed by atoms with E-state index < -0.39 is 22.7 Å². The Kier molecular flexibility index (Phi) is 3.99. The first-order valence-electron chi connectivity index (χ1n) is 5.74. The molecule has 20 heavy (non-hydrogen) atoms. The topological polar surface area (TPSA) is 80.4 Å². The number of aromatic carboxylic acids is 1. The smallest absolute Gasteiger partial charge is 0.336 e. The molecule has 0 saturated carbocycles. The van der Waals surface area contributed by atoms with Crippen molar-refractivity contribution in [2.75, 3.05) is 0 Å². The van der Waals surface area contributed by atoms with Crippen LogP contribution in [-0.2, 0) is 0 Å². The summed E-state index contributed by atoms with van der Waals surface area (Å²) in [6.07, 6.45) is 4.39. The Bertz CT molecular complexity index is 639. The summed E-state index contributed by atoms with van der Waals surface area (Å²) in [7, 11) is 0. The normalized spacial score (nSPS) is 25.1. The maximum Gasteiger partial charge on any atom is 0.336 e. The molecule has 0 fully saturated rings. The molecule has 0 heterocycles. The molecule has 2 rings (SSSR count). The zero-order valence-corrected chi connectivity index (χ0v) is 11.7. The van der Waals surface area contributed by atoms with Crippen LogP contribution in [0.25, 0.3) is 0 Å². The second-order valence-corrected chi connectivity index (χ2v) is 5.42. The van der Waals surface area contributed by atoms with E-state index in [-0.39, 0.29) is 16.2 Å². The number of carbonyl (C=O) groups is 2. The van der Waals surface area contributed by atoms with Crippen molar-refractivity contribution >= 4 is 35.0 Å². The van der Waals surface area contributed by atoms with Crippen molar-refractivity contribution in [2.24, 2.45) is 5.73 Å². The minimum Gasteiger partial charge on any atom is -0.478 e. The molecule has 0 aromatic heterocycles. The van der Waals surface area contributed by atoms with Gasteiger partial charge in [0.2, 0.25) is 0 Å². The number of rotatable bonds is 3. The lowest BCUT2D eigenvalue weighted by Crippen LogP contribution is -2.48. The highest BCUT2D eigenvalue weighted by atomic mass is 35.5. The molecule has 104 valence electrons. The number of nitrogens with two attached hydrogens (primary N) is 1. The van der Waals surface area contributed by atoms with Crippen LogP contribution < -0.4 is 5.73 Å². The molecule has 4 nitrogen and oxygen atoms in total. The predicted octanol–water partition coefficient (Wildman–Crippen LogP) is 2.56. The fourth-order valence-corrected chi connectivity index (χ4v) is 2.56. The molecule has 1 aliphatic carbocycles. The number of benzene rings is 1. The van der Waals surface area contributed by atoms with Crippen molar-refractivity contribution < 1.29 is 14.7 Å². The highest BCUT2D eigenvalue weighted by Crippen LogP contribution is 2.33. The molecule has 1 aliphatic rings. The fourth-order valence-electron chi connectivity index (χ4n) is 1.97. The van der Waals surface area contributed by atoms with Crippen LogP contribution in [0.2, 0.25) is 0 Å². The minimum atomic E-state index is -1.59. The van der Waals surface area contributed by atoms with Crippen LogP contribution in [0.15, 0.2) is 47.5 Å². The summed E-state index contributed by atoms with van der Waals surface area (Å²) in [4.78, 5) is 22.2. The number of Topliss-reactive ketones (excluding diaryl/α,β-unsaturated/α-hetero) is 1. The van der Waals surface area contributed by atoms with Gasteiger partial charge in [0.05, 0.1) is 11.6 Å². The van der Waals surface area contributed by atoms with Crippen LogP contribution in [0.3, 0.4) is 0 Å². The maximum absolute atomic E-state index is 12.6. The van der Waals surface area contributed by atoms with Gasteiger partial charge >= 0.3 is 5.97 Å². The third-order valence-electron chi connectivity index (χ3n) is 3.05. The van der Waals surface area contributed by atoms with E-state index in [0.29, 0.717) is 0 Å². The molecule has 6 heteroatoms. The Balaban J connectivity index is 2.52. The van der Waals surface area contributed by atoms with E-state index in [4.69, 9.17) is 34.0 Å². The van der Waals surface area contributed by atoms with E-state index in [2.05, 4.69) is 0 Å². The largest absolute Gasteiger partial charge is 0.478 e. The first-order chi connectivity index (χ1) is 9.36. The summed E-state index contributed by atoms with van der Waals surface area (Å²) in [6.45, 7) is 0. The molecule has 0 spiro atoms. The van der Waals surface area contributed by atoms with E-state index in [1.807, 2.05) is 0 Å². The number of hydrogen-bond donors (Lipinski definition) is 2. The molecule has 2 unspecified atom stereocenters. The van der Waals surface area contributed by atoms with Gasteiger partial charge in [0.1, 0.15) is 4.87 Å². The highest BCUT2D eigenvalue weighted by Gasteiger charge is 2.42. The number of carbonyl (C=O) groups excluding carboxylic acids is 1. The van der Waals surface area contributed by atoms with E-state index in [9.17, 15) is 9.59 Å². The van der Waals surface area contributed by atoms with E-state index >= 15 is 0 Å². The van der Waals surface area contributed by atoms with E-state index in [1.165, 1.54) is 30.4 Å². The SMILES string of the molecule is NC1C=CC(Cl)=CC1(Cl)C(=O)c1ccccc1C(=O)O. The van der Waals surface area contributed by atoms with Gasteiger partial charge < -0.3 is 10.8 Å². The third kappa shape index (κ3) is 2.50. The number of carboxylic acids is 1. The number of alkyl halides is 1. The van der Waals surface area contributed by atoms with Crippen molar-refractivity contribution in [2.45, 2.75) is 10.9 Å². The van der Waals surface area contributed by atoms with Gasteiger partial charge in [-0.05, 0) is 18.2 Å². The number of allylic oxidation sites excluding steroid dienone is 2. The number of halogens is 2. The van der Waals surface area contributed by atoms with Crippen molar-refractivity contribution in [1.82, 2.24) is 0 Å². The molecule has 2 atom stereocenters. The van der Waals surface area contributed by atoms with Crippen LogP contribution in [0.1, 0.15) is 20.7 Å². The van der Waals surface area contributed by atoms with Gasteiger partial charge in [0.25, 0.3) is 0 Å². The van der Waals surface area contributed by atoms with Crippen LogP contribution >= 0.6 is 23.2 Å². The number of hydrogen-bond acceptors (Lipinski definition) is 3. The van der Waals surface area contributed by atoms with Crippen molar-refractivity contribution in [3.63, 3.8) is 0 Å². The van der Waals surface area contributed by atoms with Crippen molar-refractivity contribution in [1.29, 1.82) is 0 Å². The standard InChI is InChI=1S/C14H11Cl2NO3/c15-8-5-6-11(17)14(16,7-8)12(18)9-3-1-2-4-10(9)13(19)20/h1-7,11H,17H2,(H,19,20). The zero-order valence-electron chi connectivity index (χ0n) is 10.2. The Morgan fingerprint density at radius 3 is 2.45 bits per heavy atom. The lowest BCUT2D eigenvalue weighted by Gasteiger charge is -2.29. The van der Waals surface area contributed by atoms with Gasteiger partial charge in [-0.1, -0.05) is 35.9 Å². The van der Waals surface area contributed by atoms with Gasteiger partial charge in [0, 0.05) is 10.6 Å². The zero-order chi connectivity index (χ0) is 14.9. The van der Waals surface area contributed by atoms with Gasteiger partial charge in [0.15, 0.2) is 5.78 Å². The first kappa shape index (κ1) is 14.8.